The molecule has 0 atom stereocenters. The molecule has 0 bridgehead atoms. The summed E-state index contributed by atoms with van der Waals surface area (Å²) >= 11 is 3.28. The number of anilines is 2. The fourth-order valence-electron chi connectivity index (χ4n) is 2.13. The fraction of sp³-hybridized carbons (Fsp3) is 0.250. The molecule has 0 fully saturated rings. The molecule has 6 heteroatoms. The van der Waals surface area contributed by atoms with E-state index in [1.54, 1.807) is 22.7 Å². The lowest BCUT2D eigenvalue weighted by atomic mass is 10.3. The molecule has 0 amide bonds. The van der Waals surface area contributed by atoms with E-state index in [-0.39, 0.29) is 0 Å². The van der Waals surface area contributed by atoms with E-state index < -0.39 is 0 Å². The third kappa shape index (κ3) is 3.28. The summed E-state index contributed by atoms with van der Waals surface area (Å²) in [5.41, 5.74) is 3.03. The van der Waals surface area contributed by atoms with Crippen molar-refractivity contribution in [3.8, 4) is 16.3 Å². The maximum Gasteiger partial charge on any atom is 0.187 e. The molecular formula is C16H17N3OS2. The smallest absolute Gasteiger partial charge is 0.187 e. The molecule has 0 spiro atoms. The van der Waals surface area contributed by atoms with Crippen molar-refractivity contribution in [3.05, 3.63) is 40.3 Å². The molecule has 22 heavy (non-hydrogen) atoms. The normalized spacial score (nSPS) is 10.7. The van der Waals surface area contributed by atoms with Crippen LogP contribution in [0.25, 0.3) is 10.6 Å². The van der Waals surface area contributed by atoms with Crippen molar-refractivity contribution >= 4 is 33.5 Å². The van der Waals surface area contributed by atoms with Crippen LogP contribution in [0.15, 0.2) is 29.6 Å². The van der Waals surface area contributed by atoms with E-state index in [0.717, 1.165) is 37.8 Å². The first kappa shape index (κ1) is 15.0. The van der Waals surface area contributed by atoms with Crippen LogP contribution in [0, 0.1) is 13.8 Å². The molecule has 1 N–H and O–H groups in total. The molecule has 114 valence electrons. The lowest BCUT2D eigenvalue weighted by Gasteiger charge is -2.05. The summed E-state index contributed by atoms with van der Waals surface area (Å²) in [5, 5.41) is 7.34. The minimum atomic E-state index is 0.677. The summed E-state index contributed by atoms with van der Waals surface area (Å²) in [7, 11) is 0. The summed E-state index contributed by atoms with van der Waals surface area (Å²) in [6, 6.07) is 7.90. The van der Waals surface area contributed by atoms with Crippen molar-refractivity contribution in [2.45, 2.75) is 20.8 Å². The fourth-order valence-corrected chi connectivity index (χ4v) is 3.81. The Morgan fingerprint density at radius 3 is 2.55 bits per heavy atom. The number of hydrogen-bond donors (Lipinski definition) is 1. The number of nitrogens with zero attached hydrogens (tertiary/aromatic N) is 2. The van der Waals surface area contributed by atoms with E-state index >= 15 is 0 Å². The minimum absolute atomic E-state index is 0.677. The first-order valence-electron chi connectivity index (χ1n) is 7.05. The lowest BCUT2D eigenvalue weighted by Crippen LogP contribution is -1.92. The van der Waals surface area contributed by atoms with E-state index in [1.165, 1.54) is 0 Å². The average molecular weight is 331 g/mol. The van der Waals surface area contributed by atoms with Crippen LogP contribution in [-0.2, 0) is 0 Å². The number of ether oxygens (including phenoxy) is 1. The van der Waals surface area contributed by atoms with Crippen LogP contribution in [0.5, 0.6) is 5.75 Å². The molecule has 0 aliphatic rings. The van der Waals surface area contributed by atoms with Gasteiger partial charge < -0.3 is 10.1 Å². The third-order valence-electron chi connectivity index (χ3n) is 3.06. The summed E-state index contributed by atoms with van der Waals surface area (Å²) in [6.45, 7) is 6.70. The molecule has 1 aromatic carbocycles. The van der Waals surface area contributed by atoms with E-state index in [2.05, 4.69) is 20.7 Å². The van der Waals surface area contributed by atoms with Gasteiger partial charge in [-0.3, -0.25) is 0 Å². The Balaban J connectivity index is 1.75. The topological polar surface area (TPSA) is 47.0 Å². The second kappa shape index (κ2) is 6.46. The highest BCUT2D eigenvalue weighted by Crippen LogP contribution is 2.33. The van der Waals surface area contributed by atoms with Crippen molar-refractivity contribution in [2.24, 2.45) is 0 Å². The summed E-state index contributed by atoms with van der Waals surface area (Å²) in [5.74, 6) is 0.878. The molecule has 0 saturated carbocycles. The van der Waals surface area contributed by atoms with Gasteiger partial charge in [0.1, 0.15) is 5.75 Å². The number of aryl methyl sites for hydroxylation is 2. The highest BCUT2D eigenvalue weighted by atomic mass is 32.1. The second-order valence-corrected chi connectivity index (χ2v) is 6.83. The van der Waals surface area contributed by atoms with Crippen molar-refractivity contribution in [1.29, 1.82) is 0 Å². The maximum atomic E-state index is 5.44. The highest BCUT2D eigenvalue weighted by Gasteiger charge is 2.11. The number of rotatable bonds is 5. The largest absolute Gasteiger partial charge is 0.494 e. The van der Waals surface area contributed by atoms with Crippen molar-refractivity contribution in [2.75, 3.05) is 11.9 Å². The first-order valence-corrected chi connectivity index (χ1v) is 8.75. The van der Waals surface area contributed by atoms with Crippen LogP contribution < -0.4 is 10.1 Å². The minimum Gasteiger partial charge on any atom is -0.494 e. The van der Waals surface area contributed by atoms with Gasteiger partial charge in [0.05, 0.1) is 27.9 Å². The summed E-state index contributed by atoms with van der Waals surface area (Å²) < 4.78 is 5.44. The van der Waals surface area contributed by atoms with Crippen molar-refractivity contribution in [1.82, 2.24) is 9.97 Å². The zero-order valence-corrected chi connectivity index (χ0v) is 14.3. The third-order valence-corrected chi connectivity index (χ3v) is 4.91. The molecule has 0 radical (unpaired) electrons. The SMILES string of the molecule is CCOc1ccc(Nc2nc(-c3sc(C)nc3C)cs2)cc1. The number of hydrogen-bond acceptors (Lipinski definition) is 6. The van der Waals surface area contributed by atoms with Gasteiger partial charge in [-0.1, -0.05) is 0 Å². The standard InChI is InChI=1S/C16H17N3OS2/c1-4-20-13-7-5-12(6-8-13)18-16-19-14(9-21-16)15-10(2)17-11(3)22-15/h5-9H,4H2,1-3H3,(H,18,19). The van der Waals surface area contributed by atoms with Crippen molar-refractivity contribution < 1.29 is 4.74 Å². The average Bonchev–Trinajstić information content (AvgIpc) is 3.07. The van der Waals surface area contributed by atoms with Crippen LogP contribution in [0.1, 0.15) is 17.6 Å². The molecule has 3 aromatic rings. The predicted molar refractivity (Wildman–Crippen MR) is 93.6 cm³/mol. The van der Waals surface area contributed by atoms with Crippen LogP contribution >= 0.6 is 22.7 Å². The molecule has 0 aliphatic carbocycles. The van der Waals surface area contributed by atoms with Gasteiger partial charge in [-0.05, 0) is 45.0 Å². The zero-order chi connectivity index (χ0) is 15.5. The van der Waals surface area contributed by atoms with E-state index in [9.17, 15) is 0 Å². The Morgan fingerprint density at radius 2 is 1.91 bits per heavy atom. The monoisotopic (exact) mass is 331 g/mol. The second-order valence-electron chi connectivity index (χ2n) is 4.77. The Morgan fingerprint density at radius 1 is 1.14 bits per heavy atom. The molecule has 3 rings (SSSR count). The number of aromatic nitrogens is 2. The molecule has 0 aliphatic heterocycles. The van der Waals surface area contributed by atoms with Crippen LogP contribution in [0.4, 0.5) is 10.8 Å². The molecule has 0 saturated heterocycles. The molecule has 4 nitrogen and oxygen atoms in total. The van der Waals surface area contributed by atoms with Gasteiger partial charge in [0.25, 0.3) is 0 Å². The predicted octanol–water partition coefficient (Wildman–Crippen LogP) is 5.03. The van der Waals surface area contributed by atoms with E-state index in [1.807, 2.05) is 45.0 Å². The van der Waals surface area contributed by atoms with Gasteiger partial charge in [0, 0.05) is 11.1 Å². The van der Waals surface area contributed by atoms with E-state index in [4.69, 9.17) is 4.74 Å². The summed E-state index contributed by atoms with van der Waals surface area (Å²) in [6.07, 6.45) is 0. The Bertz CT molecular complexity index is 762. The van der Waals surface area contributed by atoms with Crippen LogP contribution in [-0.4, -0.2) is 16.6 Å². The molecule has 0 unspecified atom stereocenters. The maximum absolute atomic E-state index is 5.44. The van der Waals surface area contributed by atoms with Gasteiger partial charge in [-0.15, -0.1) is 22.7 Å². The van der Waals surface area contributed by atoms with Crippen LogP contribution in [0.2, 0.25) is 0 Å². The van der Waals surface area contributed by atoms with Gasteiger partial charge >= 0.3 is 0 Å². The van der Waals surface area contributed by atoms with Gasteiger partial charge in [-0.25, -0.2) is 9.97 Å². The van der Waals surface area contributed by atoms with Gasteiger partial charge in [0.2, 0.25) is 0 Å². The lowest BCUT2D eigenvalue weighted by molar-refractivity contribution is 0.340. The Labute approximate surface area is 137 Å². The highest BCUT2D eigenvalue weighted by molar-refractivity contribution is 7.16. The summed E-state index contributed by atoms with van der Waals surface area (Å²) in [4.78, 5) is 10.3. The van der Waals surface area contributed by atoms with Crippen LogP contribution in [0.3, 0.4) is 0 Å². The molecule has 2 heterocycles. The zero-order valence-electron chi connectivity index (χ0n) is 12.7. The Kier molecular flexibility index (Phi) is 4.40. The number of nitrogens with one attached hydrogen (secondary N) is 1. The van der Waals surface area contributed by atoms with Crippen molar-refractivity contribution in [3.63, 3.8) is 0 Å². The number of benzene rings is 1. The first-order chi connectivity index (χ1) is 10.7. The van der Waals surface area contributed by atoms with E-state index in [0.29, 0.717) is 6.61 Å². The van der Waals surface area contributed by atoms with Gasteiger partial charge in [0.15, 0.2) is 5.13 Å². The molecule has 2 aromatic heterocycles. The van der Waals surface area contributed by atoms with Gasteiger partial charge in [-0.2, -0.15) is 0 Å². The Hall–Kier alpha value is -1.92. The molecular weight excluding hydrogens is 314 g/mol. The quantitative estimate of drug-likeness (QED) is 0.712. The number of thiazole rings is 2.